The average molecular weight is 323 g/mol. The van der Waals surface area contributed by atoms with Crippen molar-refractivity contribution < 1.29 is 0 Å². The Balaban J connectivity index is 1.67. The van der Waals surface area contributed by atoms with Gasteiger partial charge in [0, 0.05) is 32.7 Å². The predicted molar refractivity (Wildman–Crippen MR) is 72.5 cm³/mol. The molecule has 2 heterocycles. The first kappa shape index (κ1) is 12.1. The van der Waals surface area contributed by atoms with Gasteiger partial charge in [0.1, 0.15) is 0 Å². The lowest BCUT2D eigenvalue weighted by Crippen LogP contribution is -2.48. The van der Waals surface area contributed by atoms with Gasteiger partial charge < -0.3 is 10.2 Å². The van der Waals surface area contributed by atoms with Crippen LogP contribution in [0.3, 0.4) is 0 Å². The largest absolute Gasteiger partial charge is 0.317 e. The van der Waals surface area contributed by atoms with Crippen LogP contribution in [0.25, 0.3) is 0 Å². The molecule has 0 aromatic heterocycles. The van der Waals surface area contributed by atoms with Gasteiger partial charge >= 0.3 is 0 Å². The standard InChI is InChI=1S/C11H22IN3/c12-10-15-7-5-14(6-8-15)9-11-1-3-13-4-2-11/h11,13H,1-10H2. The second kappa shape index (κ2) is 6.37. The molecule has 2 rings (SSSR count). The summed E-state index contributed by atoms with van der Waals surface area (Å²) in [5.41, 5.74) is 0. The molecule has 0 aliphatic carbocycles. The van der Waals surface area contributed by atoms with E-state index >= 15 is 0 Å². The lowest BCUT2D eigenvalue weighted by molar-refractivity contribution is 0.126. The van der Waals surface area contributed by atoms with Crippen molar-refractivity contribution in [3.05, 3.63) is 0 Å². The van der Waals surface area contributed by atoms with Crippen molar-refractivity contribution >= 4 is 22.6 Å². The van der Waals surface area contributed by atoms with Gasteiger partial charge in [-0.1, -0.05) is 22.6 Å². The van der Waals surface area contributed by atoms with E-state index in [0.717, 1.165) is 5.92 Å². The Morgan fingerprint density at radius 3 is 2.20 bits per heavy atom. The minimum Gasteiger partial charge on any atom is -0.317 e. The number of rotatable bonds is 3. The Morgan fingerprint density at radius 2 is 1.60 bits per heavy atom. The van der Waals surface area contributed by atoms with Crippen LogP contribution in [0.15, 0.2) is 0 Å². The zero-order valence-electron chi connectivity index (χ0n) is 9.42. The number of hydrogen-bond acceptors (Lipinski definition) is 3. The highest BCUT2D eigenvalue weighted by Gasteiger charge is 2.20. The van der Waals surface area contributed by atoms with E-state index in [1.165, 1.54) is 63.2 Å². The first-order chi connectivity index (χ1) is 7.38. The fourth-order valence-electron chi connectivity index (χ4n) is 2.52. The molecular formula is C11H22IN3. The number of halogens is 1. The summed E-state index contributed by atoms with van der Waals surface area (Å²) >= 11 is 2.47. The highest BCUT2D eigenvalue weighted by atomic mass is 127. The molecule has 2 saturated heterocycles. The molecule has 15 heavy (non-hydrogen) atoms. The zero-order valence-corrected chi connectivity index (χ0v) is 11.6. The number of hydrogen-bond donors (Lipinski definition) is 1. The van der Waals surface area contributed by atoms with Gasteiger partial charge in [-0.3, -0.25) is 4.90 Å². The number of nitrogens with zero attached hydrogens (tertiary/aromatic N) is 2. The first-order valence-corrected chi connectivity index (χ1v) is 7.62. The fourth-order valence-corrected chi connectivity index (χ4v) is 3.20. The van der Waals surface area contributed by atoms with Crippen molar-refractivity contribution in [1.82, 2.24) is 15.1 Å². The van der Waals surface area contributed by atoms with Crippen LogP contribution in [0, 0.1) is 5.92 Å². The number of alkyl halides is 1. The van der Waals surface area contributed by atoms with Crippen LogP contribution in [0.2, 0.25) is 0 Å². The van der Waals surface area contributed by atoms with Crippen LogP contribution >= 0.6 is 22.6 Å². The lowest BCUT2D eigenvalue weighted by atomic mass is 9.97. The Kier molecular flexibility index (Phi) is 5.13. The van der Waals surface area contributed by atoms with E-state index in [1.54, 1.807) is 0 Å². The molecule has 0 aromatic carbocycles. The van der Waals surface area contributed by atoms with Crippen molar-refractivity contribution in [3.63, 3.8) is 0 Å². The highest BCUT2D eigenvalue weighted by Crippen LogP contribution is 2.14. The van der Waals surface area contributed by atoms with E-state index in [4.69, 9.17) is 0 Å². The Bertz CT molecular complexity index is 175. The second-order valence-electron chi connectivity index (χ2n) is 4.73. The van der Waals surface area contributed by atoms with Gasteiger partial charge in [-0.2, -0.15) is 0 Å². The molecule has 0 atom stereocenters. The average Bonchev–Trinajstić information content (AvgIpc) is 2.31. The number of nitrogens with one attached hydrogen (secondary N) is 1. The smallest absolute Gasteiger partial charge is 0.0506 e. The van der Waals surface area contributed by atoms with Gasteiger partial charge in [0.25, 0.3) is 0 Å². The van der Waals surface area contributed by atoms with Gasteiger partial charge in [-0.05, 0) is 31.8 Å². The van der Waals surface area contributed by atoms with Crippen molar-refractivity contribution in [2.75, 3.05) is 50.4 Å². The van der Waals surface area contributed by atoms with Crippen LogP contribution in [-0.2, 0) is 0 Å². The maximum absolute atomic E-state index is 3.44. The summed E-state index contributed by atoms with van der Waals surface area (Å²) in [4.78, 5) is 5.21. The van der Waals surface area contributed by atoms with E-state index in [-0.39, 0.29) is 0 Å². The molecule has 0 unspecified atom stereocenters. The van der Waals surface area contributed by atoms with Crippen LogP contribution in [0.1, 0.15) is 12.8 Å². The number of piperazine rings is 1. The van der Waals surface area contributed by atoms with E-state index in [0.29, 0.717) is 0 Å². The summed E-state index contributed by atoms with van der Waals surface area (Å²) in [6, 6.07) is 0. The third-order valence-electron chi connectivity index (χ3n) is 3.61. The monoisotopic (exact) mass is 323 g/mol. The van der Waals surface area contributed by atoms with Crippen molar-refractivity contribution in [1.29, 1.82) is 0 Å². The summed E-state index contributed by atoms with van der Waals surface area (Å²) in [6.07, 6.45) is 2.76. The maximum Gasteiger partial charge on any atom is 0.0506 e. The van der Waals surface area contributed by atoms with Gasteiger partial charge in [0.05, 0.1) is 4.55 Å². The molecule has 3 nitrogen and oxygen atoms in total. The molecule has 2 aliphatic rings. The van der Waals surface area contributed by atoms with Crippen LogP contribution < -0.4 is 5.32 Å². The SMILES string of the molecule is ICN1CCN(CC2CCNCC2)CC1. The molecule has 88 valence electrons. The summed E-state index contributed by atoms with van der Waals surface area (Å²) in [5, 5.41) is 3.44. The van der Waals surface area contributed by atoms with Crippen LogP contribution in [0.5, 0.6) is 0 Å². The normalized spacial score (nSPS) is 27.0. The molecule has 2 aliphatic heterocycles. The van der Waals surface area contributed by atoms with E-state index in [1.807, 2.05) is 0 Å². The van der Waals surface area contributed by atoms with Gasteiger partial charge in [-0.15, -0.1) is 0 Å². The third-order valence-corrected chi connectivity index (χ3v) is 4.57. The van der Waals surface area contributed by atoms with Crippen molar-refractivity contribution in [2.24, 2.45) is 5.92 Å². The Labute approximate surface area is 107 Å². The Hall–Kier alpha value is 0.610. The molecule has 0 aromatic rings. The molecule has 0 amide bonds. The first-order valence-electron chi connectivity index (χ1n) is 6.10. The lowest BCUT2D eigenvalue weighted by Gasteiger charge is -2.36. The molecular weight excluding hydrogens is 301 g/mol. The maximum atomic E-state index is 3.44. The quantitative estimate of drug-likeness (QED) is 0.475. The summed E-state index contributed by atoms with van der Waals surface area (Å²) in [5.74, 6) is 0.956. The molecule has 0 saturated carbocycles. The predicted octanol–water partition coefficient (Wildman–Crippen LogP) is 0.996. The topological polar surface area (TPSA) is 18.5 Å². The van der Waals surface area contributed by atoms with E-state index < -0.39 is 0 Å². The van der Waals surface area contributed by atoms with E-state index in [2.05, 4.69) is 37.7 Å². The van der Waals surface area contributed by atoms with Gasteiger partial charge in [0.15, 0.2) is 0 Å². The van der Waals surface area contributed by atoms with Crippen molar-refractivity contribution in [2.45, 2.75) is 12.8 Å². The van der Waals surface area contributed by atoms with Gasteiger partial charge in [-0.25, -0.2) is 0 Å². The van der Waals surface area contributed by atoms with Crippen LogP contribution in [0.4, 0.5) is 0 Å². The number of piperidine rings is 1. The fraction of sp³-hybridized carbons (Fsp3) is 1.00. The summed E-state index contributed by atoms with van der Waals surface area (Å²) < 4.78 is 1.19. The van der Waals surface area contributed by atoms with Crippen molar-refractivity contribution in [3.8, 4) is 0 Å². The second-order valence-corrected chi connectivity index (χ2v) is 5.41. The molecule has 0 spiro atoms. The van der Waals surface area contributed by atoms with E-state index in [9.17, 15) is 0 Å². The minimum atomic E-state index is 0.956. The molecule has 4 heteroatoms. The minimum absolute atomic E-state index is 0.956. The third kappa shape index (κ3) is 3.84. The Morgan fingerprint density at radius 1 is 1.00 bits per heavy atom. The van der Waals surface area contributed by atoms with Crippen LogP contribution in [-0.4, -0.2) is 60.2 Å². The molecule has 0 bridgehead atoms. The summed E-state index contributed by atoms with van der Waals surface area (Å²) in [7, 11) is 0. The van der Waals surface area contributed by atoms with Gasteiger partial charge in [0.2, 0.25) is 0 Å². The molecule has 1 N–H and O–H groups in total. The molecule has 0 radical (unpaired) electrons. The highest BCUT2D eigenvalue weighted by molar-refractivity contribution is 14.1. The molecule has 2 fully saturated rings. The zero-order chi connectivity index (χ0) is 10.5. The summed E-state index contributed by atoms with van der Waals surface area (Å²) in [6.45, 7) is 8.93.